The zero-order valence-corrected chi connectivity index (χ0v) is 20.3. The first-order valence-electron chi connectivity index (χ1n) is 11.3. The lowest BCUT2D eigenvalue weighted by Gasteiger charge is -2.14. The molecule has 0 aliphatic carbocycles. The molecule has 0 atom stereocenters. The Morgan fingerprint density at radius 1 is 1.18 bits per heavy atom. The van der Waals surface area contributed by atoms with Gasteiger partial charge in [0, 0.05) is 23.1 Å². The highest BCUT2D eigenvalue weighted by molar-refractivity contribution is 8.00. The average Bonchev–Trinajstić information content (AvgIpc) is 3.31. The van der Waals surface area contributed by atoms with Crippen LogP contribution in [0.2, 0.25) is 0 Å². The number of ether oxygens (including phenoxy) is 3. The molecule has 0 spiro atoms. The number of benzene rings is 2. The smallest absolute Gasteiger partial charge is 0.230 e. The summed E-state index contributed by atoms with van der Waals surface area (Å²) in [5, 5.41) is 7.75. The van der Waals surface area contributed by atoms with Crippen LogP contribution >= 0.6 is 11.8 Å². The SMILES string of the molecule is CCOc1cc(-c2ccc(SCC(=O)NCC3=CCOCC3)cc2)nn1-c1ccc(OC)cc1. The summed E-state index contributed by atoms with van der Waals surface area (Å²) in [5.41, 5.74) is 3.92. The highest BCUT2D eigenvalue weighted by Crippen LogP contribution is 2.29. The first-order valence-corrected chi connectivity index (χ1v) is 12.3. The molecule has 0 bridgehead atoms. The fraction of sp³-hybridized carbons (Fsp3) is 0.308. The number of nitrogens with one attached hydrogen (secondary N) is 1. The molecule has 1 amide bonds. The van der Waals surface area contributed by atoms with E-state index in [1.54, 1.807) is 11.8 Å². The van der Waals surface area contributed by atoms with E-state index in [1.807, 2.05) is 67.6 Å². The molecule has 0 radical (unpaired) electrons. The van der Waals surface area contributed by atoms with Crippen molar-refractivity contribution in [1.82, 2.24) is 15.1 Å². The van der Waals surface area contributed by atoms with Crippen LogP contribution in [0, 0.1) is 0 Å². The van der Waals surface area contributed by atoms with Crippen molar-refractivity contribution < 1.29 is 19.0 Å². The molecular formula is C26H29N3O4S. The monoisotopic (exact) mass is 479 g/mol. The number of methoxy groups -OCH3 is 1. The predicted octanol–water partition coefficient (Wildman–Crippen LogP) is 4.50. The van der Waals surface area contributed by atoms with Crippen LogP contribution < -0.4 is 14.8 Å². The molecule has 0 unspecified atom stereocenters. The van der Waals surface area contributed by atoms with Crippen LogP contribution in [-0.2, 0) is 9.53 Å². The van der Waals surface area contributed by atoms with Crippen molar-refractivity contribution in [1.29, 1.82) is 0 Å². The maximum Gasteiger partial charge on any atom is 0.230 e. The lowest BCUT2D eigenvalue weighted by Crippen LogP contribution is -2.28. The third-order valence-corrected chi connectivity index (χ3v) is 6.39. The second-order valence-corrected chi connectivity index (χ2v) is 8.74. The molecule has 34 heavy (non-hydrogen) atoms. The predicted molar refractivity (Wildman–Crippen MR) is 134 cm³/mol. The Bertz CT molecular complexity index is 1120. The second-order valence-electron chi connectivity index (χ2n) is 7.69. The molecule has 3 aromatic rings. The number of nitrogens with zero attached hydrogens (tertiary/aromatic N) is 2. The van der Waals surface area contributed by atoms with Crippen LogP contribution in [0.3, 0.4) is 0 Å². The van der Waals surface area contributed by atoms with E-state index in [4.69, 9.17) is 19.3 Å². The molecular weight excluding hydrogens is 450 g/mol. The van der Waals surface area contributed by atoms with Crippen molar-refractivity contribution in [2.75, 3.05) is 39.2 Å². The standard InChI is InChI=1S/C26H29N3O4S/c1-3-33-26-16-24(28-29(26)21-6-8-22(31-2)9-7-21)20-4-10-23(11-5-20)34-18-25(30)27-17-19-12-14-32-15-13-19/h4-12,16H,3,13-15,17-18H2,1-2H3,(H,27,30). The Morgan fingerprint density at radius 3 is 2.65 bits per heavy atom. The Balaban J connectivity index is 1.38. The van der Waals surface area contributed by atoms with Gasteiger partial charge in [0.2, 0.25) is 11.8 Å². The first kappa shape index (κ1) is 23.9. The Kier molecular flexibility index (Phi) is 8.27. The van der Waals surface area contributed by atoms with Gasteiger partial charge in [-0.25, -0.2) is 4.68 Å². The molecule has 8 heteroatoms. The summed E-state index contributed by atoms with van der Waals surface area (Å²) >= 11 is 1.52. The van der Waals surface area contributed by atoms with Gasteiger partial charge >= 0.3 is 0 Å². The van der Waals surface area contributed by atoms with Crippen molar-refractivity contribution in [3.05, 3.63) is 66.2 Å². The summed E-state index contributed by atoms with van der Waals surface area (Å²) in [6.07, 6.45) is 2.93. The maximum atomic E-state index is 12.2. The van der Waals surface area contributed by atoms with Gasteiger partial charge in [-0.05, 0) is 49.7 Å². The van der Waals surface area contributed by atoms with Gasteiger partial charge in [0.15, 0.2) is 0 Å². The van der Waals surface area contributed by atoms with E-state index < -0.39 is 0 Å². The van der Waals surface area contributed by atoms with Crippen molar-refractivity contribution >= 4 is 17.7 Å². The number of hydrogen-bond acceptors (Lipinski definition) is 6. The van der Waals surface area contributed by atoms with Crippen LogP contribution in [0.5, 0.6) is 11.6 Å². The number of hydrogen-bond donors (Lipinski definition) is 1. The summed E-state index contributed by atoms with van der Waals surface area (Å²) in [6, 6.07) is 17.7. The van der Waals surface area contributed by atoms with Gasteiger partial charge in [-0.3, -0.25) is 4.79 Å². The average molecular weight is 480 g/mol. The van der Waals surface area contributed by atoms with Crippen molar-refractivity contribution in [3.63, 3.8) is 0 Å². The van der Waals surface area contributed by atoms with Gasteiger partial charge in [-0.2, -0.15) is 5.10 Å². The number of amides is 1. The summed E-state index contributed by atoms with van der Waals surface area (Å²) in [5.74, 6) is 1.87. The highest BCUT2D eigenvalue weighted by atomic mass is 32.2. The van der Waals surface area contributed by atoms with Crippen LogP contribution in [-0.4, -0.2) is 54.9 Å². The van der Waals surface area contributed by atoms with Gasteiger partial charge in [0.1, 0.15) is 5.75 Å². The molecule has 2 aromatic carbocycles. The quantitative estimate of drug-likeness (QED) is 0.341. The molecule has 0 saturated carbocycles. The van der Waals surface area contributed by atoms with E-state index >= 15 is 0 Å². The number of thioether (sulfide) groups is 1. The number of rotatable bonds is 10. The van der Waals surface area contributed by atoms with E-state index in [-0.39, 0.29) is 5.91 Å². The minimum atomic E-state index is 0.0288. The number of carbonyl (C=O) groups is 1. The van der Waals surface area contributed by atoms with E-state index in [2.05, 4.69) is 5.32 Å². The lowest BCUT2D eigenvalue weighted by atomic mass is 10.1. The zero-order chi connectivity index (χ0) is 23.8. The highest BCUT2D eigenvalue weighted by Gasteiger charge is 2.13. The van der Waals surface area contributed by atoms with Gasteiger partial charge in [0.25, 0.3) is 0 Å². The normalized spacial score (nSPS) is 13.3. The third kappa shape index (κ3) is 6.21. The summed E-state index contributed by atoms with van der Waals surface area (Å²) < 4.78 is 18.1. The zero-order valence-electron chi connectivity index (χ0n) is 19.5. The Hall–Kier alpha value is -3.23. The van der Waals surface area contributed by atoms with E-state index in [0.717, 1.165) is 40.6 Å². The topological polar surface area (TPSA) is 74.6 Å². The largest absolute Gasteiger partial charge is 0.497 e. The molecule has 7 nitrogen and oxygen atoms in total. The van der Waals surface area contributed by atoms with Crippen LogP contribution in [0.25, 0.3) is 16.9 Å². The van der Waals surface area contributed by atoms with Crippen molar-refractivity contribution in [3.8, 4) is 28.6 Å². The van der Waals surface area contributed by atoms with Crippen LogP contribution in [0.4, 0.5) is 0 Å². The Labute approximate surface area is 204 Å². The minimum Gasteiger partial charge on any atom is -0.497 e. The molecule has 0 saturated heterocycles. The lowest BCUT2D eigenvalue weighted by molar-refractivity contribution is -0.118. The minimum absolute atomic E-state index is 0.0288. The second kappa shape index (κ2) is 11.8. The maximum absolute atomic E-state index is 12.2. The third-order valence-electron chi connectivity index (χ3n) is 5.38. The summed E-state index contributed by atoms with van der Waals surface area (Å²) in [7, 11) is 1.65. The fourth-order valence-corrected chi connectivity index (χ4v) is 4.25. The van der Waals surface area contributed by atoms with Crippen LogP contribution in [0.1, 0.15) is 13.3 Å². The molecule has 0 fully saturated rings. The number of aromatic nitrogens is 2. The van der Waals surface area contributed by atoms with Crippen LogP contribution in [0.15, 0.2) is 71.1 Å². The molecule has 1 aromatic heterocycles. The summed E-state index contributed by atoms with van der Waals surface area (Å²) in [6.45, 7) is 4.46. The molecule has 1 aliphatic rings. The van der Waals surface area contributed by atoms with Gasteiger partial charge in [0.05, 0.1) is 44.1 Å². The van der Waals surface area contributed by atoms with E-state index in [1.165, 1.54) is 17.3 Å². The molecule has 2 heterocycles. The number of carbonyl (C=O) groups excluding carboxylic acids is 1. The van der Waals surface area contributed by atoms with Crippen molar-refractivity contribution in [2.45, 2.75) is 18.2 Å². The van der Waals surface area contributed by atoms with Gasteiger partial charge in [-0.15, -0.1) is 11.8 Å². The molecule has 178 valence electrons. The molecule has 1 aliphatic heterocycles. The summed E-state index contributed by atoms with van der Waals surface area (Å²) in [4.78, 5) is 13.2. The van der Waals surface area contributed by atoms with E-state index in [0.29, 0.717) is 31.4 Å². The van der Waals surface area contributed by atoms with Crippen molar-refractivity contribution in [2.24, 2.45) is 0 Å². The van der Waals surface area contributed by atoms with Gasteiger partial charge < -0.3 is 19.5 Å². The first-order chi connectivity index (χ1) is 16.7. The van der Waals surface area contributed by atoms with Gasteiger partial charge in [-0.1, -0.05) is 23.8 Å². The Morgan fingerprint density at radius 2 is 1.97 bits per heavy atom. The fourth-order valence-electron chi connectivity index (χ4n) is 3.52. The molecule has 4 rings (SSSR count). The van der Waals surface area contributed by atoms with E-state index in [9.17, 15) is 4.79 Å². The molecule has 1 N–H and O–H groups in total.